The first-order chi connectivity index (χ1) is 30.0. The summed E-state index contributed by atoms with van der Waals surface area (Å²) in [6, 6.07) is 3.52. The second kappa shape index (κ2) is 21.2. The summed E-state index contributed by atoms with van der Waals surface area (Å²) in [6.07, 6.45) is 0.142. The second-order valence-corrected chi connectivity index (χ2v) is 19.7. The average Bonchev–Trinajstić information content (AvgIpc) is 3.57. The molecule has 1 aromatic heterocycles. The maximum Gasteiger partial charge on any atom is 0.311 e. The number of rotatable bonds is 11. The summed E-state index contributed by atoms with van der Waals surface area (Å²) < 4.78 is 52.5. The van der Waals surface area contributed by atoms with Gasteiger partial charge in [-0.25, -0.2) is 0 Å². The number of ketones is 1. The molecule has 1 aromatic rings. The number of fused-ring (bicyclic) bond motifs is 1. The van der Waals surface area contributed by atoms with Crippen molar-refractivity contribution in [2.75, 3.05) is 34.4 Å². The van der Waals surface area contributed by atoms with E-state index in [1.54, 1.807) is 45.2 Å². The number of aromatic nitrogens is 1. The van der Waals surface area contributed by atoms with Gasteiger partial charge in [-0.15, -0.1) is 0 Å². The van der Waals surface area contributed by atoms with Crippen LogP contribution in [0.15, 0.2) is 36.7 Å². The van der Waals surface area contributed by atoms with Crippen molar-refractivity contribution in [3.63, 3.8) is 0 Å². The predicted octanol–water partition coefficient (Wildman–Crippen LogP) is 5.64. The first-order valence-corrected chi connectivity index (χ1v) is 22.9. The van der Waals surface area contributed by atoms with E-state index in [2.05, 4.69) is 17.6 Å². The molecule has 0 amide bonds. The number of methoxy groups -OCH3 is 1. The van der Waals surface area contributed by atoms with E-state index in [9.17, 15) is 25.1 Å². The van der Waals surface area contributed by atoms with Crippen LogP contribution in [0, 0.1) is 40.9 Å². The van der Waals surface area contributed by atoms with Crippen LogP contribution in [0.25, 0.3) is 6.08 Å². The Morgan fingerprint density at radius 3 is 2.36 bits per heavy atom. The number of cyclic esters (lactones) is 1. The Morgan fingerprint density at radius 2 is 1.72 bits per heavy atom. The molecule has 0 spiro atoms. The summed E-state index contributed by atoms with van der Waals surface area (Å²) >= 11 is 0. The number of pyridine rings is 1. The lowest BCUT2D eigenvalue weighted by Gasteiger charge is -2.50. The van der Waals surface area contributed by atoms with Gasteiger partial charge in [0, 0.05) is 55.6 Å². The van der Waals surface area contributed by atoms with Gasteiger partial charge in [0.2, 0.25) is 0 Å². The molecule has 64 heavy (non-hydrogen) atoms. The normalized spacial score (nSPS) is 42.9. The van der Waals surface area contributed by atoms with Crippen LogP contribution in [0.2, 0.25) is 0 Å². The molecule has 0 bridgehead atoms. The standard InChI is InChI=1S/C49H75N3O12/c1-15-37-49(11)39(28(3)26-59-49)30(5)40(53)27(2)21-48(10,58-18-16-17-34-20-35(23-50)25-51-24-34)44(64-46-41(54)36(52(12)13)19-29(4)60-46)31(6)42(32(7)45(56)62-37)63-38-22-47(9,57-14)43(55)33(8)61-38/h16-17,20,24-25,27,29-33,36-39,41-44,46,54-55H,3,15,18-19,21-22,26H2,1-2,4-14H3/b17-16+/t27?,29-,30?,31+,32-,33+,36+,37-,38+,39+,41-,42+,43?,44-,46+,47-,48-,49-/m1/s1. The highest BCUT2D eigenvalue weighted by Crippen LogP contribution is 2.47. The van der Waals surface area contributed by atoms with Gasteiger partial charge in [0.25, 0.3) is 0 Å². The van der Waals surface area contributed by atoms with Gasteiger partial charge in [0.05, 0.1) is 60.3 Å². The first-order valence-electron chi connectivity index (χ1n) is 22.9. The largest absolute Gasteiger partial charge is 0.459 e. The van der Waals surface area contributed by atoms with Crippen LogP contribution < -0.4 is 0 Å². The van der Waals surface area contributed by atoms with Gasteiger partial charge < -0.3 is 53.0 Å². The highest BCUT2D eigenvalue weighted by Gasteiger charge is 2.57. The van der Waals surface area contributed by atoms with E-state index < -0.39 is 102 Å². The van der Waals surface area contributed by atoms with Crippen LogP contribution >= 0.6 is 0 Å². The predicted molar refractivity (Wildman–Crippen MR) is 238 cm³/mol. The van der Waals surface area contributed by atoms with E-state index in [-0.39, 0.29) is 44.0 Å². The first kappa shape index (κ1) is 51.8. The van der Waals surface area contributed by atoms with Crippen LogP contribution in [0.5, 0.6) is 0 Å². The zero-order chi connectivity index (χ0) is 47.5. The molecule has 15 nitrogen and oxygen atoms in total. The average molecular weight is 898 g/mol. The highest BCUT2D eigenvalue weighted by atomic mass is 16.7. The molecule has 358 valence electrons. The molecule has 0 radical (unpaired) electrons. The van der Waals surface area contributed by atoms with Crippen molar-refractivity contribution < 1.29 is 57.7 Å². The molecule has 18 atom stereocenters. The molecule has 5 rings (SSSR count). The van der Waals surface area contributed by atoms with E-state index in [1.807, 2.05) is 67.5 Å². The Bertz CT molecular complexity index is 1860. The fraction of sp³-hybridized carbons (Fsp3) is 0.755. The summed E-state index contributed by atoms with van der Waals surface area (Å²) in [6.45, 7) is 23.2. The maximum absolute atomic E-state index is 14.9. The fourth-order valence-electron chi connectivity index (χ4n) is 10.8. The van der Waals surface area contributed by atoms with E-state index >= 15 is 0 Å². The third kappa shape index (κ3) is 11.0. The molecule has 0 aliphatic carbocycles. The third-order valence-electron chi connectivity index (χ3n) is 14.6. The fourth-order valence-corrected chi connectivity index (χ4v) is 10.8. The summed E-state index contributed by atoms with van der Waals surface area (Å²) in [7, 11) is 5.32. The minimum absolute atomic E-state index is 0.0428. The number of aliphatic hydroxyl groups excluding tert-OH is 2. The van der Waals surface area contributed by atoms with Gasteiger partial charge in [-0.2, -0.15) is 5.26 Å². The minimum atomic E-state index is -1.32. The Morgan fingerprint density at radius 1 is 1.02 bits per heavy atom. The lowest BCUT2D eigenvalue weighted by molar-refractivity contribution is -0.320. The number of carbonyl (C=O) groups is 2. The molecular weight excluding hydrogens is 823 g/mol. The van der Waals surface area contributed by atoms with Crippen molar-refractivity contribution in [1.29, 1.82) is 5.26 Å². The number of aliphatic hydroxyl groups is 2. The zero-order valence-corrected chi connectivity index (χ0v) is 40.3. The quantitative estimate of drug-likeness (QED) is 0.205. The lowest BCUT2D eigenvalue weighted by Crippen LogP contribution is -2.61. The van der Waals surface area contributed by atoms with Crippen LogP contribution in [-0.4, -0.2) is 144 Å². The topological polar surface area (TPSA) is 188 Å². The van der Waals surface area contributed by atoms with E-state index in [4.69, 9.17) is 37.9 Å². The molecule has 15 heteroatoms. The molecule has 4 saturated heterocycles. The third-order valence-corrected chi connectivity index (χ3v) is 14.6. The van der Waals surface area contributed by atoms with Crippen LogP contribution in [0.4, 0.5) is 0 Å². The molecular formula is C49H75N3O12. The van der Waals surface area contributed by atoms with Gasteiger partial charge in [-0.1, -0.05) is 46.4 Å². The Kier molecular flexibility index (Phi) is 17.2. The molecule has 5 heterocycles. The monoisotopic (exact) mass is 898 g/mol. The summed E-state index contributed by atoms with van der Waals surface area (Å²) in [5.74, 6) is -3.93. The van der Waals surface area contributed by atoms with Crippen molar-refractivity contribution >= 4 is 17.8 Å². The molecule has 2 N–H and O–H groups in total. The highest BCUT2D eigenvalue weighted by molar-refractivity contribution is 5.84. The van der Waals surface area contributed by atoms with Crippen molar-refractivity contribution in [3.8, 4) is 6.07 Å². The minimum Gasteiger partial charge on any atom is -0.459 e. The Labute approximate surface area is 380 Å². The number of Topliss-reactive ketones (excluding diaryl/α,β-unsaturated/α-hetero) is 1. The summed E-state index contributed by atoms with van der Waals surface area (Å²) in [5.41, 5.74) is -1.56. The van der Waals surface area contributed by atoms with Gasteiger partial charge in [0.1, 0.15) is 35.8 Å². The number of hydrogen-bond donors (Lipinski definition) is 2. The molecule has 4 aliphatic rings. The van der Waals surface area contributed by atoms with Crippen molar-refractivity contribution in [2.24, 2.45) is 29.6 Å². The maximum atomic E-state index is 14.9. The Hall–Kier alpha value is -3.14. The zero-order valence-electron chi connectivity index (χ0n) is 40.3. The van der Waals surface area contributed by atoms with Gasteiger partial charge in [-0.3, -0.25) is 14.6 Å². The van der Waals surface area contributed by atoms with Gasteiger partial charge in [-0.05, 0) is 92.1 Å². The van der Waals surface area contributed by atoms with E-state index in [0.29, 0.717) is 24.0 Å². The summed E-state index contributed by atoms with van der Waals surface area (Å²) in [5, 5.41) is 32.6. The number of ether oxygens (including phenoxy) is 8. The molecule has 0 aromatic carbocycles. The Balaban J connectivity index is 1.68. The molecule has 0 saturated carbocycles. The number of nitrogens with zero attached hydrogens (tertiary/aromatic N) is 3. The van der Waals surface area contributed by atoms with E-state index in [1.165, 1.54) is 13.3 Å². The van der Waals surface area contributed by atoms with Gasteiger partial charge in [0.15, 0.2) is 12.6 Å². The van der Waals surface area contributed by atoms with Crippen LogP contribution in [0.1, 0.15) is 106 Å². The van der Waals surface area contributed by atoms with Crippen LogP contribution in [-0.2, 0) is 47.5 Å². The van der Waals surface area contributed by atoms with Crippen molar-refractivity contribution in [2.45, 2.75) is 173 Å². The smallest absolute Gasteiger partial charge is 0.311 e. The number of nitriles is 1. The number of hydrogen-bond acceptors (Lipinski definition) is 15. The number of carbonyl (C=O) groups excluding carboxylic acids is 2. The molecule has 4 fully saturated rings. The van der Waals surface area contributed by atoms with E-state index in [0.717, 1.165) is 5.57 Å². The second-order valence-electron chi connectivity index (χ2n) is 19.7. The molecule has 4 aliphatic heterocycles. The van der Waals surface area contributed by atoms with Gasteiger partial charge >= 0.3 is 5.97 Å². The SMILES string of the molecule is C=C1CO[C@]2(C)[C@@H](CC)OC(=O)[C@H](C)[C@@H](O[C@H]3C[C@@](C)(OC)C(O)[C@H](C)O3)[C@H](C)[C@@H](O[C@@H]3O[C@H](C)C[C@H](N(C)C)[C@H]3O)[C@](C)(OC/C=C/c3cncc(C#N)c3)CC(C)C(=O)C(C)[C@H]12. The molecule has 3 unspecified atom stereocenters. The lowest BCUT2D eigenvalue weighted by atomic mass is 9.69. The van der Waals surface area contributed by atoms with Crippen molar-refractivity contribution in [1.82, 2.24) is 9.88 Å². The van der Waals surface area contributed by atoms with Crippen molar-refractivity contribution in [3.05, 3.63) is 47.8 Å². The summed E-state index contributed by atoms with van der Waals surface area (Å²) in [4.78, 5) is 35.8. The number of esters is 1. The van der Waals surface area contributed by atoms with Crippen LogP contribution in [0.3, 0.4) is 0 Å². The number of likely N-dealkylation sites (N-methyl/N-ethyl adjacent to an activating group) is 1.